The Balaban J connectivity index is 1.77. The summed E-state index contributed by atoms with van der Waals surface area (Å²) in [6.07, 6.45) is 1.95. The molecule has 1 aromatic rings. The molecule has 1 aliphatic heterocycles. The van der Waals surface area contributed by atoms with Crippen LogP contribution in [0.1, 0.15) is 37.7 Å². The second kappa shape index (κ2) is 5.43. The van der Waals surface area contributed by atoms with Crippen molar-refractivity contribution in [2.75, 3.05) is 6.54 Å². The predicted octanol–water partition coefficient (Wildman–Crippen LogP) is 3.56. The first kappa shape index (κ1) is 15.6. The first-order valence-corrected chi connectivity index (χ1v) is 8.10. The Kier molecular flexibility index (Phi) is 3.86. The van der Waals surface area contributed by atoms with Gasteiger partial charge in [-0.2, -0.15) is 0 Å². The van der Waals surface area contributed by atoms with Gasteiger partial charge in [0.1, 0.15) is 5.54 Å². The minimum atomic E-state index is -1.08. The van der Waals surface area contributed by atoms with Crippen molar-refractivity contribution in [1.29, 1.82) is 0 Å². The normalized spacial score (nSPS) is 30.4. The summed E-state index contributed by atoms with van der Waals surface area (Å²) in [5.41, 5.74) is -0.158. The van der Waals surface area contributed by atoms with Gasteiger partial charge < -0.3 is 10.0 Å². The van der Waals surface area contributed by atoms with Gasteiger partial charge in [-0.3, -0.25) is 4.79 Å². The van der Waals surface area contributed by atoms with Crippen LogP contribution in [0.3, 0.4) is 0 Å². The third-order valence-electron chi connectivity index (χ3n) is 4.84. The Morgan fingerprint density at radius 2 is 2.09 bits per heavy atom. The van der Waals surface area contributed by atoms with Crippen molar-refractivity contribution in [3.63, 3.8) is 0 Å². The Morgan fingerprint density at radius 3 is 2.73 bits per heavy atom. The smallest absolute Gasteiger partial charge is 0.329 e. The quantitative estimate of drug-likeness (QED) is 0.914. The van der Waals surface area contributed by atoms with E-state index in [0.717, 1.165) is 12.0 Å². The molecule has 4 nitrogen and oxygen atoms in total. The number of aliphatic carboxylic acids is 1. The van der Waals surface area contributed by atoms with Crippen LogP contribution in [0.2, 0.25) is 10.0 Å². The van der Waals surface area contributed by atoms with Crippen molar-refractivity contribution in [2.24, 2.45) is 5.92 Å². The van der Waals surface area contributed by atoms with Gasteiger partial charge in [-0.25, -0.2) is 4.79 Å². The highest BCUT2D eigenvalue weighted by atomic mass is 35.5. The van der Waals surface area contributed by atoms with Crippen molar-refractivity contribution in [3.8, 4) is 0 Å². The topological polar surface area (TPSA) is 57.6 Å². The lowest BCUT2D eigenvalue weighted by Gasteiger charge is -2.31. The molecule has 0 radical (unpaired) electrons. The van der Waals surface area contributed by atoms with Gasteiger partial charge in [0.15, 0.2) is 0 Å². The molecule has 2 aliphatic rings. The average molecular weight is 342 g/mol. The first-order chi connectivity index (χ1) is 10.3. The van der Waals surface area contributed by atoms with E-state index in [4.69, 9.17) is 23.2 Å². The van der Waals surface area contributed by atoms with Gasteiger partial charge in [-0.1, -0.05) is 29.3 Å². The lowest BCUT2D eigenvalue weighted by atomic mass is 9.98. The van der Waals surface area contributed by atoms with Crippen molar-refractivity contribution in [2.45, 2.75) is 37.6 Å². The van der Waals surface area contributed by atoms with Crippen molar-refractivity contribution in [3.05, 3.63) is 33.8 Å². The maximum Gasteiger partial charge on any atom is 0.329 e. The number of hydrogen-bond acceptors (Lipinski definition) is 2. The molecule has 22 heavy (non-hydrogen) atoms. The molecule has 0 aromatic heterocycles. The third-order valence-corrected chi connectivity index (χ3v) is 5.40. The number of carbonyl (C=O) groups is 2. The molecular weight excluding hydrogens is 325 g/mol. The van der Waals surface area contributed by atoms with Gasteiger partial charge in [0.05, 0.1) is 0 Å². The minimum absolute atomic E-state index is 0.0657. The minimum Gasteiger partial charge on any atom is -0.480 e. The van der Waals surface area contributed by atoms with E-state index in [1.54, 1.807) is 19.1 Å². The van der Waals surface area contributed by atoms with Gasteiger partial charge in [0.2, 0.25) is 5.91 Å². The molecule has 1 N–H and O–H groups in total. The van der Waals surface area contributed by atoms with Crippen LogP contribution in [-0.4, -0.2) is 34.0 Å². The number of rotatable bonds is 3. The molecule has 2 fully saturated rings. The third kappa shape index (κ3) is 2.48. The van der Waals surface area contributed by atoms with Gasteiger partial charge in [-0.05, 0) is 49.8 Å². The SMILES string of the molecule is CC1(C(=O)O)CCCN1C(=O)C1CC1c1ccc(Cl)cc1Cl. The van der Waals surface area contributed by atoms with E-state index in [2.05, 4.69) is 0 Å². The van der Waals surface area contributed by atoms with Crippen LogP contribution in [0.5, 0.6) is 0 Å². The van der Waals surface area contributed by atoms with Crippen LogP contribution in [-0.2, 0) is 9.59 Å². The Labute approximate surface area is 139 Å². The highest BCUT2D eigenvalue weighted by molar-refractivity contribution is 6.35. The number of likely N-dealkylation sites (tertiary alicyclic amines) is 1. The van der Waals surface area contributed by atoms with E-state index in [9.17, 15) is 14.7 Å². The zero-order chi connectivity index (χ0) is 16.1. The summed E-state index contributed by atoms with van der Waals surface area (Å²) in [5.74, 6) is -1.11. The van der Waals surface area contributed by atoms with E-state index < -0.39 is 11.5 Å². The molecule has 1 heterocycles. The van der Waals surface area contributed by atoms with Crippen LogP contribution in [0.25, 0.3) is 0 Å². The number of amides is 1. The molecule has 1 saturated carbocycles. The summed E-state index contributed by atoms with van der Waals surface area (Å²) in [6, 6.07) is 5.29. The Hall–Kier alpha value is -1.26. The lowest BCUT2D eigenvalue weighted by molar-refractivity contribution is -0.155. The number of halogens is 2. The molecule has 0 bridgehead atoms. The molecule has 1 amide bonds. The summed E-state index contributed by atoms with van der Waals surface area (Å²) < 4.78 is 0. The second-order valence-corrected chi connectivity index (χ2v) is 7.13. The van der Waals surface area contributed by atoms with E-state index in [1.807, 2.05) is 6.07 Å². The van der Waals surface area contributed by atoms with Crippen molar-refractivity contribution >= 4 is 35.1 Å². The molecule has 0 spiro atoms. The first-order valence-electron chi connectivity index (χ1n) is 7.34. The summed E-state index contributed by atoms with van der Waals surface area (Å²) >= 11 is 12.1. The standard InChI is InChI=1S/C16H17Cl2NO3/c1-16(15(21)22)5-2-6-19(16)14(20)12-8-11(12)10-4-3-9(17)7-13(10)18/h3-4,7,11-12H,2,5-6,8H2,1H3,(H,21,22). The van der Waals surface area contributed by atoms with Crippen molar-refractivity contribution in [1.82, 2.24) is 4.90 Å². The van der Waals surface area contributed by atoms with E-state index in [1.165, 1.54) is 4.90 Å². The molecule has 3 rings (SSSR count). The molecule has 1 aromatic carbocycles. The lowest BCUT2D eigenvalue weighted by Crippen LogP contribution is -2.51. The fraction of sp³-hybridized carbons (Fsp3) is 0.500. The molecule has 118 valence electrons. The van der Waals surface area contributed by atoms with Gasteiger partial charge in [0.25, 0.3) is 0 Å². The monoisotopic (exact) mass is 341 g/mol. The fourth-order valence-corrected chi connectivity index (χ4v) is 3.90. The van der Waals surface area contributed by atoms with Crippen LogP contribution >= 0.6 is 23.2 Å². The number of carboxylic acids is 1. The largest absolute Gasteiger partial charge is 0.480 e. The zero-order valence-electron chi connectivity index (χ0n) is 12.2. The molecular formula is C16H17Cl2NO3. The molecule has 6 heteroatoms. The molecule has 3 atom stereocenters. The number of carbonyl (C=O) groups excluding carboxylic acids is 1. The molecule has 3 unspecified atom stereocenters. The summed E-state index contributed by atoms with van der Waals surface area (Å²) in [5, 5.41) is 10.6. The maximum absolute atomic E-state index is 12.7. The summed E-state index contributed by atoms with van der Waals surface area (Å²) in [4.78, 5) is 25.7. The van der Waals surface area contributed by atoms with E-state index >= 15 is 0 Å². The van der Waals surface area contributed by atoms with E-state index in [-0.39, 0.29) is 17.7 Å². The molecule has 1 aliphatic carbocycles. The predicted molar refractivity (Wildman–Crippen MR) is 84.3 cm³/mol. The fourth-order valence-electron chi connectivity index (χ4n) is 3.35. The van der Waals surface area contributed by atoms with Crippen LogP contribution < -0.4 is 0 Å². The van der Waals surface area contributed by atoms with Crippen LogP contribution in [0, 0.1) is 5.92 Å². The average Bonchev–Trinajstić information content (AvgIpc) is 3.13. The molecule has 1 saturated heterocycles. The Morgan fingerprint density at radius 1 is 1.36 bits per heavy atom. The zero-order valence-corrected chi connectivity index (χ0v) is 13.7. The summed E-state index contributed by atoms with van der Waals surface area (Å²) in [6.45, 7) is 2.14. The maximum atomic E-state index is 12.7. The van der Waals surface area contributed by atoms with Gasteiger partial charge >= 0.3 is 5.97 Å². The summed E-state index contributed by atoms with van der Waals surface area (Å²) in [7, 11) is 0. The second-order valence-electron chi connectivity index (χ2n) is 6.29. The van der Waals surface area contributed by atoms with Crippen molar-refractivity contribution < 1.29 is 14.7 Å². The number of carboxylic acid groups (broad SMARTS) is 1. The van der Waals surface area contributed by atoms with Gasteiger partial charge in [-0.15, -0.1) is 0 Å². The highest BCUT2D eigenvalue weighted by Crippen LogP contribution is 2.52. The highest BCUT2D eigenvalue weighted by Gasteiger charge is 2.53. The number of hydrogen-bond donors (Lipinski definition) is 1. The number of benzene rings is 1. The Bertz CT molecular complexity index is 648. The number of nitrogens with zero attached hydrogens (tertiary/aromatic N) is 1. The van der Waals surface area contributed by atoms with Crippen LogP contribution in [0.15, 0.2) is 18.2 Å². The van der Waals surface area contributed by atoms with Gasteiger partial charge in [0, 0.05) is 22.5 Å². The van der Waals surface area contributed by atoms with E-state index in [0.29, 0.717) is 29.4 Å². The van der Waals surface area contributed by atoms with Crippen LogP contribution in [0.4, 0.5) is 0 Å².